The van der Waals surface area contributed by atoms with Crippen LogP contribution in [0.4, 0.5) is 4.79 Å². The van der Waals surface area contributed by atoms with Gasteiger partial charge in [0.1, 0.15) is 5.60 Å². The Labute approximate surface area is 146 Å². The van der Waals surface area contributed by atoms with Crippen molar-refractivity contribution in [1.29, 1.82) is 0 Å². The van der Waals surface area contributed by atoms with Crippen molar-refractivity contribution in [2.45, 2.75) is 49.4 Å². The highest BCUT2D eigenvalue weighted by molar-refractivity contribution is 9.10. The van der Waals surface area contributed by atoms with Gasteiger partial charge in [-0.3, -0.25) is 0 Å². The Morgan fingerprint density at radius 2 is 1.87 bits per heavy atom. The predicted octanol–water partition coefficient (Wildman–Crippen LogP) is 3.62. The zero-order valence-corrected chi connectivity index (χ0v) is 16.0. The van der Waals surface area contributed by atoms with Crippen molar-refractivity contribution in [3.05, 3.63) is 28.7 Å². The number of carbonyl (C=O) groups is 1. The molecule has 1 aromatic carbocycles. The number of hydrogen-bond acceptors (Lipinski definition) is 4. The van der Waals surface area contributed by atoms with Gasteiger partial charge < -0.3 is 9.64 Å². The molecule has 1 amide bonds. The summed E-state index contributed by atoms with van der Waals surface area (Å²) in [5.74, 6) is 0. The number of hydrogen-bond donors (Lipinski definition) is 0. The Balaban J connectivity index is 2.14. The fourth-order valence-corrected chi connectivity index (χ4v) is 4.52. The summed E-state index contributed by atoms with van der Waals surface area (Å²) >= 11 is 3.30. The first-order valence-electron chi connectivity index (χ1n) is 7.57. The monoisotopic (exact) mass is 403 g/mol. The van der Waals surface area contributed by atoms with Crippen LogP contribution >= 0.6 is 15.9 Å². The molecule has 0 aromatic heterocycles. The van der Waals surface area contributed by atoms with Crippen LogP contribution in [0.3, 0.4) is 0 Å². The number of piperidine rings is 1. The van der Waals surface area contributed by atoms with Gasteiger partial charge >= 0.3 is 6.09 Å². The third kappa shape index (κ3) is 4.70. The van der Waals surface area contributed by atoms with Crippen molar-refractivity contribution in [3.8, 4) is 0 Å². The largest absolute Gasteiger partial charge is 0.444 e. The van der Waals surface area contributed by atoms with Gasteiger partial charge in [0.2, 0.25) is 0 Å². The van der Waals surface area contributed by atoms with Crippen LogP contribution in [0.25, 0.3) is 0 Å². The van der Waals surface area contributed by atoms with Crippen LogP contribution < -0.4 is 0 Å². The number of halogens is 1. The molecule has 23 heavy (non-hydrogen) atoms. The van der Waals surface area contributed by atoms with E-state index in [2.05, 4.69) is 15.9 Å². The second-order valence-electron chi connectivity index (χ2n) is 6.69. The number of amides is 1. The summed E-state index contributed by atoms with van der Waals surface area (Å²) in [6, 6.07) is 6.60. The third-order valence-corrected chi connectivity index (χ3v) is 6.33. The van der Waals surface area contributed by atoms with Crippen LogP contribution in [0.1, 0.15) is 33.6 Å². The Kier molecular flexibility index (Phi) is 5.41. The second-order valence-corrected chi connectivity index (χ2v) is 9.83. The van der Waals surface area contributed by atoms with Crippen LogP contribution in [-0.4, -0.2) is 43.4 Å². The van der Waals surface area contributed by atoms with Gasteiger partial charge in [-0.1, -0.05) is 15.9 Å². The number of nitrogens with zero attached hydrogens (tertiary/aromatic N) is 1. The van der Waals surface area contributed by atoms with Crippen molar-refractivity contribution in [3.63, 3.8) is 0 Å². The maximum atomic E-state index is 12.8. The number of carbonyl (C=O) groups excluding carboxylic acids is 1. The zero-order chi connectivity index (χ0) is 17.3. The molecule has 7 heteroatoms. The molecule has 1 saturated heterocycles. The van der Waals surface area contributed by atoms with Gasteiger partial charge in [-0.2, -0.15) is 0 Å². The highest BCUT2D eigenvalue weighted by atomic mass is 79.9. The van der Waals surface area contributed by atoms with Crippen LogP contribution in [0.15, 0.2) is 33.6 Å². The van der Waals surface area contributed by atoms with Gasteiger partial charge in [-0.05, 0) is 57.9 Å². The smallest absolute Gasteiger partial charge is 0.410 e. The van der Waals surface area contributed by atoms with E-state index in [1.807, 2.05) is 0 Å². The molecule has 1 aromatic rings. The fraction of sp³-hybridized carbons (Fsp3) is 0.562. The molecule has 0 saturated carbocycles. The second kappa shape index (κ2) is 6.81. The van der Waals surface area contributed by atoms with E-state index in [0.29, 0.717) is 19.4 Å². The predicted molar refractivity (Wildman–Crippen MR) is 92.2 cm³/mol. The number of ether oxygens (including phenoxy) is 1. The summed E-state index contributed by atoms with van der Waals surface area (Å²) < 4.78 is 31.7. The molecule has 0 bridgehead atoms. The summed E-state index contributed by atoms with van der Waals surface area (Å²) in [6.45, 7) is 6.09. The molecule has 5 nitrogen and oxygen atoms in total. The van der Waals surface area contributed by atoms with Crippen LogP contribution in [-0.2, 0) is 14.6 Å². The Hall–Kier alpha value is -1.08. The quantitative estimate of drug-likeness (QED) is 0.755. The Morgan fingerprint density at radius 1 is 1.26 bits per heavy atom. The molecule has 0 aliphatic carbocycles. The Morgan fingerprint density at radius 3 is 2.43 bits per heavy atom. The van der Waals surface area contributed by atoms with Gasteiger partial charge in [-0.15, -0.1) is 0 Å². The Bertz CT molecular complexity index is 664. The van der Waals surface area contributed by atoms with Crippen molar-refractivity contribution in [1.82, 2.24) is 4.90 Å². The van der Waals surface area contributed by atoms with Crippen molar-refractivity contribution >= 4 is 31.9 Å². The molecule has 2 rings (SSSR count). The molecule has 1 heterocycles. The van der Waals surface area contributed by atoms with E-state index in [1.165, 1.54) is 4.90 Å². The minimum absolute atomic E-state index is 0.174. The lowest BCUT2D eigenvalue weighted by molar-refractivity contribution is 0.0219. The highest BCUT2D eigenvalue weighted by Gasteiger charge is 2.35. The molecule has 0 N–H and O–H groups in total. The van der Waals surface area contributed by atoms with Gasteiger partial charge in [-0.25, -0.2) is 13.2 Å². The molecule has 0 radical (unpaired) electrons. The molecule has 1 unspecified atom stereocenters. The average Bonchev–Trinajstić information content (AvgIpc) is 2.46. The lowest BCUT2D eigenvalue weighted by Gasteiger charge is -2.33. The molecule has 1 fully saturated rings. The summed E-state index contributed by atoms with van der Waals surface area (Å²) in [5.41, 5.74) is -0.589. The fourth-order valence-electron chi connectivity index (χ4n) is 2.50. The van der Waals surface area contributed by atoms with E-state index >= 15 is 0 Å². The average molecular weight is 404 g/mol. The third-order valence-electron chi connectivity index (χ3n) is 3.61. The van der Waals surface area contributed by atoms with Crippen LogP contribution in [0.2, 0.25) is 0 Å². The maximum absolute atomic E-state index is 12.8. The summed E-state index contributed by atoms with van der Waals surface area (Å²) in [5, 5.41) is -0.593. The lowest BCUT2D eigenvalue weighted by Crippen LogP contribution is -2.47. The van der Waals surface area contributed by atoms with E-state index < -0.39 is 26.8 Å². The van der Waals surface area contributed by atoms with E-state index in [9.17, 15) is 13.2 Å². The molecule has 128 valence electrons. The van der Waals surface area contributed by atoms with Gasteiger partial charge in [0.05, 0.1) is 10.1 Å². The van der Waals surface area contributed by atoms with E-state index in [4.69, 9.17) is 4.74 Å². The summed E-state index contributed by atoms with van der Waals surface area (Å²) in [6.07, 6.45) is 0.755. The zero-order valence-electron chi connectivity index (χ0n) is 13.6. The lowest BCUT2D eigenvalue weighted by atomic mass is 10.1. The number of rotatable bonds is 2. The van der Waals surface area contributed by atoms with Crippen molar-refractivity contribution < 1.29 is 17.9 Å². The highest BCUT2D eigenvalue weighted by Crippen LogP contribution is 2.26. The number of likely N-dealkylation sites (tertiary alicyclic amines) is 1. The molecular formula is C16H22BrNO4S. The van der Waals surface area contributed by atoms with Gasteiger partial charge in [0.25, 0.3) is 0 Å². The minimum Gasteiger partial charge on any atom is -0.444 e. The molecule has 1 aliphatic rings. The minimum atomic E-state index is -3.46. The topological polar surface area (TPSA) is 63.7 Å². The molecule has 1 aliphatic heterocycles. The number of sulfone groups is 1. The summed E-state index contributed by atoms with van der Waals surface area (Å²) in [4.78, 5) is 14.0. The first-order chi connectivity index (χ1) is 10.6. The van der Waals surface area contributed by atoms with Gasteiger partial charge in [0, 0.05) is 17.6 Å². The molecular weight excluding hydrogens is 382 g/mol. The van der Waals surface area contributed by atoms with Crippen LogP contribution in [0.5, 0.6) is 0 Å². The van der Waals surface area contributed by atoms with Crippen molar-refractivity contribution in [2.24, 2.45) is 0 Å². The SMILES string of the molecule is CC(C)(C)OC(=O)N1CCCC(S(=O)(=O)c2ccc(Br)cc2)C1. The van der Waals surface area contributed by atoms with Crippen LogP contribution in [0, 0.1) is 0 Å². The van der Waals surface area contributed by atoms with Gasteiger partial charge in [0.15, 0.2) is 9.84 Å². The number of benzene rings is 1. The summed E-state index contributed by atoms with van der Waals surface area (Å²) in [7, 11) is -3.46. The maximum Gasteiger partial charge on any atom is 0.410 e. The van der Waals surface area contributed by atoms with E-state index in [1.54, 1.807) is 45.0 Å². The molecule has 0 spiro atoms. The normalized spacial score (nSPS) is 19.5. The van der Waals surface area contributed by atoms with E-state index in [-0.39, 0.29) is 11.4 Å². The first kappa shape index (κ1) is 18.3. The first-order valence-corrected chi connectivity index (χ1v) is 9.91. The standard InChI is InChI=1S/C16H22BrNO4S/c1-16(2,3)22-15(19)18-10-4-5-14(11-18)23(20,21)13-8-6-12(17)7-9-13/h6-9,14H,4-5,10-11H2,1-3H3. The molecule has 1 atom stereocenters. The van der Waals surface area contributed by atoms with Crippen molar-refractivity contribution in [2.75, 3.05) is 13.1 Å². The van der Waals surface area contributed by atoms with E-state index in [0.717, 1.165) is 4.47 Å².